The van der Waals surface area contributed by atoms with Crippen molar-refractivity contribution in [1.29, 1.82) is 0 Å². The summed E-state index contributed by atoms with van der Waals surface area (Å²) in [5.74, 6) is -0.142. The molecule has 0 fully saturated rings. The zero-order valence-electron chi connectivity index (χ0n) is 17.2. The summed E-state index contributed by atoms with van der Waals surface area (Å²) in [5, 5.41) is 19.1. The molecular weight excluding hydrogens is 414 g/mol. The number of carbonyl (C=O) groups excluding carboxylic acids is 1. The molecule has 5 rings (SSSR count). The molecule has 0 radical (unpaired) electrons. The number of hydrogen-bond donors (Lipinski definition) is 2. The summed E-state index contributed by atoms with van der Waals surface area (Å²) in [6.45, 7) is 3.87. The number of benzene rings is 1. The molecule has 1 aromatic carbocycles. The minimum atomic E-state index is -0.595. The number of para-hydroxylation sites is 1. The summed E-state index contributed by atoms with van der Waals surface area (Å²) >= 11 is 1.57. The lowest BCUT2D eigenvalue weighted by Crippen LogP contribution is -2.24. The predicted molar refractivity (Wildman–Crippen MR) is 119 cm³/mol. The van der Waals surface area contributed by atoms with Crippen LogP contribution in [-0.2, 0) is 24.2 Å². The fourth-order valence-corrected chi connectivity index (χ4v) is 5.54. The van der Waals surface area contributed by atoms with Crippen molar-refractivity contribution >= 4 is 44.1 Å². The van der Waals surface area contributed by atoms with Gasteiger partial charge < -0.3 is 10.1 Å². The SMILES string of the molecule is Cc1cccc2c(N=NC(=O)Cn3cnc4sc5c(c4c3=O)CC[C@H](C)C5)c(O)[nH]c12. The molecule has 0 saturated carbocycles. The van der Waals surface area contributed by atoms with Gasteiger partial charge in [-0.05, 0) is 43.2 Å². The number of azo groups is 1. The fourth-order valence-electron chi connectivity index (χ4n) is 4.20. The van der Waals surface area contributed by atoms with Crippen LogP contribution in [0.5, 0.6) is 5.88 Å². The maximum absolute atomic E-state index is 13.0. The molecule has 3 aromatic heterocycles. The van der Waals surface area contributed by atoms with Crippen LogP contribution in [0.15, 0.2) is 39.5 Å². The second-order valence-electron chi connectivity index (χ2n) is 8.12. The lowest BCUT2D eigenvalue weighted by atomic mass is 9.89. The van der Waals surface area contributed by atoms with E-state index >= 15 is 0 Å². The average molecular weight is 436 g/mol. The first-order valence-corrected chi connectivity index (χ1v) is 11.0. The van der Waals surface area contributed by atoms with Crippen LogP contribution >= 0.6 is 11.3 Å². The zero-order valence-corrected chi connectivity index (χ0v) is 18.0. The number of thiophene rings is 1. The first-order valence-electron chi connectivity index (χ1n) is 10.2. The van der Waals surface area contributed by atoms with Gasteiger partial charge in [-0.15, -0.1) is 21.6 Å². The van der Waals surface area contributed by atoms with Gasteiger partial charge in [0.1, 0.15) is 11.4 Å². The highest BCUT2D eigenvalue weighted by Crippen LogP contribution is 2.37. The van der Waals surface area contributed by atoms with E-state index in [2.05, 4.69) is 27.1 Å². The van der Waals surface area contributed by atoms with Crippen molar-refractivity contribution in [3.05, 3.63) is 50.9 Å². The number of aryl methyl sites for hydroxylation is 2. The van der Waals surface area contributed by atoms with Crippen LogP contribution in [0.4, 0.5) is 5.69 Å². The third kappa shape index (κ3) is 3.34. The summed E-state index contributed by atoms with van der Waals surface area (Å²) in [4.78, 5) is 34.7. The molecule has 0 spiro atoms. The Kier molecular flexibility index (Phi) is 4.70. The van der Waals surface area contributed by atoms with Gasteiger partial charge in [0.2, 0.25) is 5.88 Å². The molecule has 0 unspecified atom stereocenters. The zero-order chi connectivity index (χ0) is 21.7. The second-order valence-corrected chi connectivity index (χ2v) is 9.21. The molecule has 0 saturated heterocycles. The van der Waals surface area contributed by atoms with E-state index in [9.17, 15) is 14.7 Å². The summed E-state index contributed by atoms with van der Waals surface area (Å²) in [6, 6.07) is 5.54. The maximum Gasteiger partial charge on any atom is 0.284 e. The van der Waals surface area contributed by atoms with Gasteiger partial charge >= 0.3 is 0 Å². The molecular formula is C22H21N5O3S. The molecule has 1 amide bonds. The van der Waals surface area contributed by atoms with E-state index in [1.165, 1.54) is 15.8 Å². The number of aromatic amines is 1. The molecule has 1 aliphatic carbocycles. The van der Waals surface area contributed by atoms with E-state index in [4.69, 9.17) is 0 Å². The predicted octanol–water partition coefficient (Wildman–Crippen LogP) is 4.39. The molecule has 9 heteroatoms. The van der Waals surface area contributed by atoms with Crippen LogP contribution in [0.3, 0.4) is 0 Å². The lowest BCUT2D eigenvalue weighted by Gasteiger charge is -2.17. The Morgan fingerprint density at radius 2 is 2.26 bits per heavy atom. The van der Waals surface area contributed by atoms with Gasteiger partial charge in [0.05, 0.1) is 17.2 Å². The minimum absolute atomic E-state index is 0.153. The van der Waals surface area contributed by atoms with Crippen molar-refractivity contribution in [1.82, 2.24) is 14.5 Å². The molecule has 0 bridgehead atoms. The maximum atomic E-state index is 13.0. The van der Waals surface area contributed by atoms with E-state index in [0.29, 0.717) is 16.7 Å². The van der Waals surface area contributed by atoms with Gasteiger partial charge in [-0.1, -0.05) is 25.1 Å². The number of amides is 1. The first-order chi connectivity index (χ1) is 14.9. The van der Waals surface area contributed by atoms with Crippen molar-refractivity contribution in [2.45, 2.75) is 39.7 Å². The quantitative estimate of drug-likeness (QED) is 0.465. The van der Waals surface area contributed by atoms with Gasteiger partial charge in [0.15, 0.2) is 5.69 Å². The van der Waals surface area contributed by atoms with E-state index in [-0.39, 0.29) is 23.7 Å². The Balaban J connectivity index is 1.44. The molecule has 0 aliphatic heterocycles. The highest BCUT2D eigenvalue weighted by atomic mass is 32.1. The van der Waals surface area contributed by atoms with Crippen LogP contribution in [0.2, 0.25) is 0 Å². The van der Waals surface area contributed by atoms with Crippen molar-refractivity contribution in [3.63, 3.8) is 0 Å². The number of aromatic nitrogens is 3. The molecule has 2 N–H and O–H groups in total. The van der Waals surface area contributed by atoms with Crippen LogP contribution < -0.4 is 5.56 Å². The molecule has 1 atom stereocenters. The highest BCUT2D eigenvalue weighted by molar-refractivity contribution is 7.18. The van der Waals surface area contributed by atoms with Crippen molar-refractivity contribution in [3.8, 4) is 5.88 Å². The number of hydrogen-bond acceptors (Lipinski definition) is 6. The minimum Gasteiger partial charge on any atom is -0.493 e. The average Bonchev–Trinajstić information content (AvgIpc) is 3.26. The van der Waals surface area contributed by atoms with Crippen LogP contribution in [-0.4, -0.2) is 25.5 Å². The lowest BCUT2D eigenvalue weighted by molar-refractivity contribution is -0.118. The smallest absolute Gasteiger partial charge is 0.284 e. The van der Waals surface area contributed by atoms with Crippen molar-refractivity contribution in [2.24, 2.45) is 16.1 Å². The Labute approximate surface area is 181 Å². The largest absolute Gasteiger partial charge is 0.493 e. The number of H-pyrrole nitrogens is 1. The molecule has 3 heterocycles. The molecule has 1 aliphatic rings. The standard InChI is InChI=1S/C22H21N5O3S/c1-11-6-7-13-15(8-11)31-21-17(13)22(30)27(10-23-21)9-16(28)25-26-19-14-5-3-4-12(2)18(14)24-20(19)29/h3-5,10-11,24,29H,6-9H2,1-2H3/t11-/m0/s1. The summed E-state index contributed by atoms with van der Waals surface area (Å²) in [6.07, 6.45) is 4.28. The molecule has 8 nitrogen and oxygen atoms in total. The Hall–Kier alpha value is -3.33. The van der Waals surface area contributed by atoms with E-state index in [1.807, 2.05) is 19.1 Å². The summed E-state index contributed by atoms with van der Waals surface area (Å²) in [7, 11) is 0. The number of carbonyl (C=O) groups is 1. The van der Waals surface area contributed by atoms with Gasteiger partial charge in [-0.25, -0.2) is 4.98 Å². The third-order valence-electron chi connectivity index (χ3n) is 5.84. The van der Waals surface area contributed by atoms with E-state index in [0.717, 1.165) is 40.7 Å². The van der Waals surface area contributed by atoms with Gasteiger partial charge in [-0.2, -0.15) is 0 Å². The van der Waals surface area contributed by atoms with Crippen LogP contribution in [0, 0.1) is 12.8 Å². The Morgan fingerprint density at radius 1 is 1.42 bits per heavy atom. The monoisotopic (exact) mass is 435 g/mol. The van der Waals surface area contributed by atoms with E-state index in [1.54, 1.807) is 17.4 Å². The third-order valence-corrected chi connectivity index (χ3v) is 7.01. The number of nitrogens with one attached hydrogen (secondary N) is 1. The summed E-state index contributed by atoms with van der Waals surface area (Å²) < 4.78 is 1.29. The Bertz CT molecular complexity index is 1430. The van der Waals surface area contributed by atoms with Crippen LogP contribution in [0.1, 0.15) is 29.3 Å². The molecule has 4 aromatic rings. The first kappa shape index (κ1) is 19.6. The van der Waals surface area contributed by atoms with Gasteiger partial charge in [0, 0.05) is 10.3 Å². The summed E-state index contributed by atoms with van der Waals surface area (Å²) in [5.41, 5.74) is 2.75. The molecule has 158 valence electrons. The van der Waals surface area contributed by atoms with Gasteiger partial charge in [-0.3, -0.25) is 14.2 Å². The Morgan fingerprint density at radius 3 is 3.10 bits per heavy atom. The topological polar surface area (TPSA) is 113 Å². The number of fused-ring (bicyclic) bond motifs is 4. The molecule has 31 heavy (non-hydrogen) atoms. The van der Waals surface area contributed by atoms with Crippen molar-refractivity contribution < 1.29 is 9.90 Å². The van der Waals surface area contributed by atoms with Crippen LogP contribution in [0.25, 0.3) is 21.1 Å². The van der Waals surface area contributed by atoms with E-state index < -0.39 is 5.91 Å². The highest BCUT2D eigenvalue weighted by Gasteiger charge is 2.23. The van der Waals surface area contributed by atoms with Gasteiger partial charge in [0.25, 0.3) is 11.5 Å². The fraction of sp³-hybridized carbons (Fsp3) is 0.318. The normalized spacial score (nSPS) is 16.4. The number of rotatable bonds is 3. The number of nitrogens with zero attached hydrogens (tertiary/aromatic N) is 4. The second kappa shape index (κ2) is 7.42. The van der Waals surface area contributed by atoms with Crippen molar-refractivity contribution in [2.75, 3.05) is 0 Å². The number of aromatic hydroxyl groups is 1.